The quantitative estimate of drug-likeness (QED) is 0.707. The Balaban J connectivity index is 1.74. The van der Waals surface area contributed by atoms with Crippen LogP contribution in [0.15, 0.2) is 0 Å². The second-order valence-corrected chi connectivity index (χ2v) is 4.35. The van der Waals surface area contributed by atoms with Gasteiger partial charge in [0.1, 0.15) is 0 Å². The van der Waals surface area contributed by atoms with Gasteiger partial charge in [0.25, 0.3) is 0 Å². The Labute approximate surface area is 82.9 Å². The minimum atomic E-state index is 0.511. The van der Waals surface area contributed by atoms with Crippen LogP contribution in [-0.2, 0) is 0 Å². The monoisotopic (exact) mass is 193 g/mol. The first-order valence-corrected chi connectivity index (χ1v) is 5.41. The lowest BCUT2D eigenvalue weighted by Crippen LogP contribution is -2.33. The number of H-pyrrole nitrogens is 1. The zero-order valence-electron chi connectivity index (χ0n) is 8.19. The van der Waals surface area contributed by atoms with E-state index in [1.54, 1.807) is 0 Å². The van der Waals surface area contributed by atoms with E-state index < -0.39 is 0 Å². The van der Waals surface area contributed by atoms with E-state index in [0.29, 0.717) is 5.92 Å². The Hall–Kier alpha value is -0.970. The fourth-order valence-electron chi connectivity index (χ4n) is 2.78. The van der Waals surface area contributed by atoms with Crippen LogP contribution < -0.4 is 0 Å². The van der Waals surface area contributed by atoms with Crippen molar-refractivity contribution in [2.45, 2.75) is 37.6 Å². The Morgan fingerprint density at radius 3 is 3.14 bits per heavy atom. The Bertz CT molecular complexity index is 282. The fraction of sp³-hybridized carbons (Fsp3) is 0.889. The molecule has 0 spiro atoms. The zero-order valence-corrected chi connectivity index (χ0v) is 8.19. The Morgan fingerprint density at radius 2 is 2.36 bits per heavy atom. The SMILES string of the molecule is C1CCN2CC(c3nn[nH]n3)CC2C1. The number of aromatic amines is 1. The maximum absolute atomic E-state index is 4.08. The molecule has 3 rings (SSSR count). The largest absolute Gasteiger partial charge is 0.300 e. The van der Waals surface area contributed by atoms with Gasteiger partial charge in [-0.15, -0.1) is 10.2 Å². The van der Waals surface area contributed by atoms with Gasteiger partial charge >= 0.3 is 0 Å². The predicted octanol–water partition coefficient (Wildman–Crippen LogP) is 0.541. The molecule has 2 atom stereocenters. The van der Waals surface area contributed by atoms with Gasteiger partial charge in [0, 0.05) is 18.5 Å². The first-order valence-electron chi connectivity index (χ1n) is 5.41. The van der Waals surface area contributed by atoms with Crippen LogP contribution in [0.5, 0.6) is 0 Å². The van der Waals surface area contributed by atoms with Crippen molar-refractivity contribution in [3.8, 4) is 0 Å². The molecule has 2 saturated heterocycles. The van der Waals surface area contributed by atoms with Gasteiger partial charge in [-0.1, -0.05) is 11.6 Å². The molecular weight excluding hydrogens is 178 g/mol. The fourth-order valence-corrected chi connectivity index (χ4v) is 2.78. The highest BCUT2D eigenvalue weighted by Crippen LogP contribution is 2.34. The molecule has 0 saturated carbocycles. The summed E-state index contributed by atoms with van der Waals surface area (Å²) in [6.45, 7) is 2.39. The summed E-state index contributed by atoms with van der Waals surface area (Å²) in [7, 11) is 0. The zero-order chi connectivity index (χ0) is 9.38. The van der Waals surface area contributed by atoms with E-state index in [4.69, 9.17) is 0 Å². The number of rotatable bonds is 1. The summed E-state index contributed by atoms with van der Waals surface area (Å²) in [6.07, 6.45) is 5.32. The molecule has 1 aromatic heterocycles. The summed E-state index contributed by atoms with van der Waals surface area (Å²) < 4.78 is 0. The molecule has 0 bridgehead atoms. The van der Waals surface area contributed by atoms with Crippen LogP contribution in [0.3, 0.4) is 0 Å². The standard InChI is InChI=1S/C9H15N5/c1-2-4-14-6-7(5-8(14)3-1)9-10-12-13-11-9/h7-8H,1-6H2,(H,10,11,12,13). The normalized spacial score (nSPS) is 33.1. The number of piperidine rings is 1. The van der Waals surface area contributed by atoms with E-state index in [9.17, 15) is 0 Å². The molecule has 0 aromatic carbocycles. The molecule has 3 heterocycles. The van der Waals surface area contributed by atoms with E-state index in [1.807, 2.05) is 0 Å². The van der Waals surface area contributed by atoms with Crippen molar-refractivity contribution in [2.75, 3.05) is 13.1 Å². The van der Waals surface area contributed by atoms with Crippen molar-refractivity contribution in [1.82, 2.24) is 25.5 Å². The maximum atomic E-state index is 4.08. The molecule has 2 unspecified atom stereocenters. The molecule has 0 amide bonds. The number of hydrogen-bond donors (Lipinski definition) is 1. The van der Waals surface area contributed by atoms with Crippen LogP contribution in [0.1, 0.15) is 37.4 Å². The lowest BCUT2D eigenvalue weighted by molar-refractivity contribution is 0.197. The number of aromatic nitrogens is 4. The Kier molecular flexibility index (Phi) is 1.97. The van der Waals surface area contributed by atoms with Crippen molar-refractivity contribution in [2.24, 2.45) is 0 Å². The van der Waals surface area contributed by atoms with Gasteiger partial charge in [-0.3, -0.25) is 4.90 Å². The van der Waals surface area contributed by atoms with Crippen molar-refractivity contribution in [3.05, 3.63) is 5.82 Å². The second kappa shape index (κ2) is 3.31. The van der Waals surface area contributed by atoms with Crippen molar-refractivity contribution < 1.29 is 0 Å². The highest BCUT2D eigenvalue weighted by molar-refractivity contribution is 5.01. The first-order chi connectivity index (χ1) is 6.93. The Morgan fingerprint density at radius 1 is 1.36 bits per heavy atom. The smallest absolute Gasteiger partial charge is 0.178 e. The second-order valence-electron chi connectivity index (χ2n) is 4.35. The summed E-state index contributed by atoms with van der Waals surface area (Å²) in [5, 5.41) is 14.3. The van der Waals surface area contributed by atoms with Crippen molar-refractivity contribution in [1.29, 1.82) is 0 Å². The third-order valence-corrected chi connectivity index (χ3v) is 3.49. The number of hydrogen-bond acceptors (Lipinski definition) is 4. The maximum Gasteiger partial charge on any atom is 0.178 e. The molecule has 2 aliphatic heterocycles. The lowest BCUT2D eigenvalue weighted by atomic mass is 9.99. The van der Waals surface area contributed by atoms with Gasteiger partial charge in [-0.2, -0.15) is 5.21 Å². The van der Waals surface area contributed by atoms with E-state index in [-0.39, 0.29) is 0 Å². The van der Waals surface area contributed by atoms with Crippen LogP contribution in [0.2, 0.25) is 0 Å². The number of fused-ring (bicyclic) bond motifs is 1. The average molecular weight is 193 g/mol. The van der Waals surface area contributed by atoms with E-state index in [0.717, 1.165) is 18.4 Å². The van der Waals surface area contributed by atoms with E-state index in [1.165, 1.54) is 32.2 Å². The average Bonchev–Trinajstić information content (AvgIpc) is 2.86. The molecule has 2 fully saturated rings. The molecule has 5 heteroatoms. The number of tetrazole rings is 1. The third-order valence-electron chi connectivity index (χ3n) is 3.49. The number of nitrogens with zero attached hydrogens (tertiary/aromatic N) is 4. The summed E-state index contributed by atoms with van der Waals surface area (Å²) >= 11 is 0. The molecule has 14 heavy (non-hydrogen) atoms. The highest BCUT2D eigenvalue weighted by Gasteiger charge is 2.35. The highest BCUT2D eigenvalue weighted by atomic mass is 15.5. The van der Waals surface area contributed by atoms with Crippen molar-refractivity contribution in [3.63, 3.8) is 0 Å². The lowest BCUT2D eigenvalue weighted by Gasteiger charge is -2.28. The first kappa shape index (κ1) is 8.35. The van der Waals surface area contributed by atoms with Crippen LogP contribution in [0, 0.1) is 0 Å². The summed E-state index contributed by atoms with van der Waals surface area (Å²) in [4.78, 5) is 2.59. The number of nitrogens with one attached hydrogen (secondary N) is 1. The van der Waals surface area contributed by atoms with Crippen LogP contribution in [-0.4, -0.2) is 44.7 Å². The van der Waals surface area contributed by atoms with Crippen molar-refractivity contribution >= 4 is 0 Å². The van der Waals surface area contributed by atoms with Crippen LogP contribution >= 0.6 is 0 Å². The molecule has 0 aliphatic carbocycles. The van der Waals surface area contributed by atoms with E-state index in [2.05, 4.69) is 25.5 Å². The molecule has 1 N–H and O–H groups in total. The van der Waals surface area contributed by atoms with E-state index >= 15 is 0 Å². The minimum absolute atomic E-state index is 0.511. The van der Waals surface area contributed by atoms with Crippen LogP contribution in [0.4, 0.5) is 0 Å². The van der Waals surface area contributed by atoms with Gasteiger partial charge < -0.3 is 0 Å². The van der Waals surface area contributed by atoms with Gasteiger partial charge in [0.05, 0.1) is 0 Å². The molecule has 2 aliphatic rings. The third kappa shape index (κ3) is 1.32. The molecule has 5 nitrogen and oxygen atoms in total. The van der Waals surface area contributed by atoms with Gasteiger partial charge in [-0.25, -0.2) is 0 Å². The molecule has 0 radical (unpaired) electrons. The summed E-state index contributed by atoms with van der Waals surface area (Å²) in [5.74, 6) is 1.41. The topological polar surface area (TPSA) is 57.7 Å². The molecule has 76 valence electrons. The van der Waals surface area contributed by atoms with Crippen LogP contribution in [0.25, 0.3) is 0 Å². The minimum Gasteiger partial charge on any atom is -0.300 e. The van der Waals surface area contributed by atoms with Gasteiger partial charge in [0.15, 0.2) is 5.82 Å². The molecular formula is C9H15N5. The summed E-state index contributed by atoms with van der Waals surface area (Å²) in [6, 6.07) is 0.784. The molecule has 1 aromatic rings. The van der Waals surface area contributed by atoms with Gasteiger partial charge in [-0.05, 0) is 25.8 Å². The summed E-state index contributed by atoms with van der Waals surface area (Å²) in [5.41, 5.74) is 0. The van der Waals surface area contributed by atoms with Gasteiger partial charge in [0.2, 0.25) is 0 Å². The predicted molar refractivity (Wildman–Crippen MR) is 50.7 cm³/mol.